The third-order valence-electron chi connectivity index (χ3n) is 2.37. The first-order valence-corrected chi connectivity index (χ1v) is 5.95. The number of hydrogen-bond acceptors (Lipinski definition) is 5. The molecule has 0 bridgehead atoms. The number of aromatic nitrogens is 4. The molecule has 16 heavy (non-hydrogen) atoms. The van der Waals surface area contributed by atoms with Gasteiger partial charge in [-0.15, -0.1) is 21.5 Å². The average molecular weight is 237 g/mol. The van der Waals surface area contributed by atoms with E-state index in [1.54, 1.807) is 17.7 Å². The number of thiazole rings is 1. The Morgan fingerprint density at radius 2 is 2.19 bits per heavy atom. The van der Waals surface area contributed by atoms with Crippen LogP contribution in [-0.4, -0.2) is 19.7 Å². The summed E-state index contributed by atoms with van der Waals surface area (Å²) in [6.07, 6.45) is 1.71. The summed E-state index contributed by atoms with van der Waals surface area (Å²) in [6.45, 7) is 5.64. The van der Waals surface area contributed by atoms with Gasteiger partial charge in [0.15, 0.2) is 0 Å². The minimum absolute atomic E-state index is 0.729. The van der Waals surface area contributed by atoms with E-state index in [1.807, 2.05) is 25.5 Å². The van der Waals surface area contributed by atoms with Gasteiger partial charge in [0, 0.05) is 18.5 Å². The van der Waals surface area contributed by atoms with Crippen LogP contribution in [0, 0.1) is 13.8 Å². The van der Waals surface area contributed by atoms with Gasteiger partial charge in [0.25, 0.3) is 0 Å². The van der Waals surface area contributed by atoms with Crippen molar-refractivity contribution in [2.75, 3.05) is 0 Å². The van der Waals surface area contributed by atoms with Crippen LogP contribution < -0.4 is 5.32 Å². The lowest BCUT2D eigenvalue weighted by atomic mass is 10.4. The molecule has 0 unspecified atom stereocenters. The van der Waals surface area contributed by atoms with Crippen molar-refractivity contribution in [3.63, 3.8) is 0 Å². The molecule has 2 aromatic rings. The number of hydrogen-bond donors (Lipinski definition) is 1. The summed E-state index contributed by atoms with van der Waals surface area (Å²) in [4.78, 5) is 5.68. The SMILES string of the molecule is Cc1nc(C)c(CNCc2nncn2C)s1. The van der Waals surface area contributed by atoms with Crippen LogP contribution in [0.4, 0.5) is 0 Å². The lowest BCUT2D eigenvalue weighted by molar-refractivity contribution is 0.640. The lowest BCUT2D eigenvalue weighted by Gasteiger charge is -2.02. The maximum absolute atomic E-state index is 4.39. The largest absolute Gasteiger partial charge is 0.320 e. The van der Waals surface area contributed by atoms with E-state index in [0.29, 0.717) is 0 Å². The highest BCUT2D eigenvalue weighted by atomic mass is 32.1. The molecule has 0 aromatic carbocycles. The first kappa shape index (κ1) is 11.2. The van der Waals surface area contributed by atoms with Gasteiger partial charge in [0.05, 0.1) is 17.2 Å². The maximum Gasteiger partial charge on any atom is 0.146 e. The Hall–Kier alpha value is -1.27. The van der Waals surface area contributed by atoms with Crippen LogP contribution in [0.3, 0.4) is 0 Å². The van der Waals surface area contributed by atoms with Crippen molar-refractivity contribution in [3.8, 4) is 0 Å². The molecular weight excluding hydrogens is 222 g/mol. The monoisotopic (exact) mass is 237 g/mol. The predicted octanol–water partition coefficient (Wildman–Crippen LogP) is 1.18. The van der Waals surface area contributed by atoms with Crippen molar-refractivity contribution in [2.45, 2.75) is 26.9 Å². The van der Waals surface area contributed by atoms with E-state index in [-0.39, 0.29) is 0 Å². The Labute approximate surface area is 98.5 Å². The molecule has 0 aliphatic rings. The van der Waals surface area contributed by atoms with Crippen LogP contribution in [0.2, 0.25) is 0 Å². The number of nitrogens with zero attached hydrogens (tertiary/aromatic N) is 4. The number of aryl methyl sites for hydroxylation is 3. The highest BCUT2D eigenvalue weighted by molar-refractivity contribution is 7.11. The number of rotatable bonds is 4. The van der Waals surface area contributed by atoms with Crippen LogP contribution in [0.1, 0.15) is 21.4 Å². The summed E-state index contributed by atoms with van der Waals surface area (Å²) < 4.78 is 1.91. The minimum atomic E-state index is 0.729. The summed E-state index contributed by atoms with van der Waals surface area (Å²) in [7, 11) is 1.94. The highest BCUT2D eigenvalue weighted by Gasteiger charge is 2.05. The summed E-state index contributed by atoms with van der Waals surface area (Å²) in [5.41, 5.74) is 1.12. The first-order valence-electron chi connectivity index (χ1n) is 5.13. The van der Waals surface area contributed by atoms with Crippen molar-refractivity contribution in [2.24, 2.45) is 7.05 Å². The molecule has 0 aliphatic carbocycles. The quantitative estimate of drug-likeness (QED) is 0.867. The fourth-order valence-electron chi connectivity index (χ4n) is 1.49. The molecule has 2 heterocycles. The molecule has 0 fully saturated rings. The van der Waals surface area contributed by atoms with Crippen molar-refractivity contribution in [3.05, 3.63) is 27.7 Å². The smallest absolute Gasteiger partial charge is 0.146 e. The van der Waals surface area contributed by atoms with E-state index in [4.69, 9.17) is 0 Å². The van der Waals surface area contributed by atoms with E-state index < -0.39 is 0 Å². The van der Waals surface area contributed by atoms with Crippen LogP contribution in [-0.2, 0) is 20.1 Å². The van der Waals surface area contributed by atoms with Crippen molar-refractivity contribution in [1.82, 2.24) is 25.1 Å². The summed E-state index contributed by atoms with van der Waals surface area (Å²) in [5.74, 6) is 0.943. The second kappa shape index (κ2) is 4.71. The third-order valence-corrected chi connectivity index (χ3v) is 3.45. The molecule has 0 atom stereocenters. The standard InChI is InChI=1S/C10H15N5S/c1-7-9(16-8(2)13-7)4-11-5-10-14-12-6-15(10)3/h6,11H,4-5H2,1-3H3. The van der Waals surface area contributed by atoms with Crippen LogP contribution in [0.25, 0.3) is 0 Å². The fraction of sp³-hybridized carbons (Fsp3) is 0.500. The Balaban J connectivity index is 1.89. The molecule has 2 rings (SSSR count). The molecule has 5 nitrogen and oxygen atoms in total. The molecule has 0 radical (unpaired) electrons. The van der Waals surface area contributed by atoms with Crippen molar-refractivity contribution >= 4 is 11.3 Å². The van der Waals surface area contributed by atoms with Gasteiger partial charge in [0.1, 0.15) is 12.2 Å². The van der Waals surface area contributed by atoms with E-state index in [2.05, 4.69) is 20.5 Å². The zero-order valence-electron chi connectivity index (χ0n) is 9.69. The summed E-state index contributed by atoms with van der Waals surface area (Å²) in [6, 6.07) is 0. The Kier molecular flexibility index (Phi) is 3.31. The van der Waals surface area contributed by atoms with Gasteiger partial charge in [0.2, 0.25) is 0 Å². The molecule has 0 saturated heterocycles. The molecule has 0 aliphatic heterocycles. The predicted molar refractivity (Wildman–Crippen MR) is 63.1 cm³/mol. The molecule has 86 valence electrons. The second-order valence-electron chi connectivity index (χ2n) is 3.70. The third kappa shape index (κ3) is 2.45. The fourth-order valence-corrected chi connectivity index (χ4v) is 2.40. The van der Waals surface area contributed by atoms with Crippen LogP contribution in [0.5, 0.6) is 0 Å². The maximum atomic E-state index is 4.39. The Morgan fingerprint density at radius 1 is 1.38 bits per heavy atom. The van der Waals surface area contributed by atoms with Gasteiger partial charge >= 0.3 is 0 Å². The normalized spacial score (nSPS) is 10.9. The molecule has 0 amide bonds. The average Bonchev–Trinajstić information content (AvgIpc) is 2.75. The van der Waals surface area contributed by atoms with Gasteiger partial charge in [-0.1, -0.05) is 0 Å². The molecule has 0 spiro atoms. The van der Waals surface area contributed by atoms with Crippen LogP contribution >= 0.6 is 11.3 Å². The molecular formula is C10H15N5S. The highest BCUT2D eigenvalue weighted by Crippen LogP contribution is 2.16. The topological polar surface area (TPSA) is 55.6 Å². The van der Waals surface area contributed by atoms with E-state index in [1.165, 1.54) is 4.88 Å². The molecule has 2 aromatic heterocycles. The lowest BCUT2D eigenvalue weighted by Crippen LogP contribution is -2.15. The first-order chi connectivity index (χ1) is 7.66. The van der Waals surface area contributed by atoms with Crippen molar-refractivity contribution < 1.29 is 0 Å². The van der Waals surface area contributed by atoms with Gasteiger partial charge < -0.3 is 9.88 Å². The Morgan fingerprint density at radius 3 is 2.75 bits per heavy atom. The van der Waals surface area contributed by atoms with Gasteiger partial charge in [-0.2, -0.15) is 0 Å². The van der Waals surface area contributed by atoms with E-state index in [9.17, 15) is 0 Å². The molecule has 1 N–H and O–H groups in total. The summed E-state index contributed by atoms with van der Waals surface area (Å²) in [5, 5.41) is 12.3. The molecule has 0 saturated carbocycles. The van der Waals surface area contributed by atoms with Gasteiger partial charge in [-0.05, 0) is 13.8 Å². The molecule has 6 heteroatoms. The number of nitrogens with one attached hydrogen (secondary N) is 1. The summed E-state index contributed by atoms with van der Waals surface area (Å²) >= 11 is 1.74. The minimum Gasteiger partial charge on any atom is -0.320 e. The van der Waals surface area contributed by atoms with Gasteiger partial charge in [-0.3, -0.25) is 0 Å². The Bertz CT molecular complexity index is 473. The van der Waals surface area contributed by atoms with Crippen LogP contribution in [0.15, 0.2) is 6.33 Å². The second-order valence-corrected chi connectivity index (χ2v) is 4.99. The van der Waals surface area contributed by atoms with E-state index in [0.717, 1.165) is 29.6 Å². The van der Waals surface area contributed by atoms with Gasteiger partial charge in [-0.25, -0.2) is 4.98 Å². The zero-order valence-corrected chi connectivity index (χ0v) is 10.5. The zero-order chi connectivity index (χ0) is 11.5. The van der Waals surface area contributed by atoms with E-state index >= 15 is 0 Å². The van der Waals surface area contributed by atoms with Crippen molar-refractivity contribution in [1.29, 1.82) is 0 Å².